The summed E-state index contributed by atoms with van der Waals surface area (Å²) in [7, 11) is 1.91. The molecule has 2 N–H and O–H groups in total. The van der Waals surface area contributed by atoms with Gasteiger partial charge in [-0.2, -0.15) is 0 Å². The summed E-state index contributed by atoms with van der Waals surface area (Å²) < 4.78 is 1.87. The molecular weight excluding hydrogens is 392 g/mol. The van der Waals surface area contributed by atoms with E-state index in [1.165, 1.54) is 0 Å². The van der Waals surface area contributed by atoms with Crippen molar-refractivity contribution in [1.29, 1.82) is 0 Å². The number of thioether (sulfide) groups is 1. The molecule has 30 heavy (non-hydrogen) atoms. The number of aliphatic hydroxyl groups excluding tert-OH is 1. The molecule has 0 saturated heterocycles. The minimum absolute atomic E-state index is 0.507. The summed E-state index contributed by atoms with van der Waals surface area (Å²) in [5, 5.41) is 11.2. The average Bonchev–Trinajstić information content (AvgIpc) is 3.41. The molecule has 0 amide bonds. The highest BCUT2D eigenvalue weighted by Crippen LogP contribution is 2.33. The molecular formula is C24H26N4OS. The van der Waals surface area contributed by atoms with Crippen molar-refractivity contribution in [2.45, 2.75) is 30.5 Å². The summed E-state index contributed by atoms with van der Waals surface area (Å²) in [4.78, 5) is 12.6. The highest BCUT2D eigenvalue weighted by molar-refractivity contribution is 7.99. The second kappa shape index (κ2) is 9.78. The van der Waals surface area contributed by atoms with E-state index in [4.69, 9.17) is 4.98 Å². The molecule has 6 heteroatoms. The van der Waals surface area contributed by atoms with E-state index in [-0.39, 0.29) is 0 Å². The van der Waals surface area contributed by atoms with Gasteiger partial charge in [-0.3, -0.25) is 0 Å². The lowest BCUT2D eigenvalue weighted by Gasteiger charge is -2.09. The Morgan fingerprint density at radius 1 is 1.00 bits per heavy atom. The Labute approximate surface area is 181 Å². The molecule has 2 aromatic heterocycles. The van der Waals surface area contributed by atoms with E-state index in [1.54, 1.807) is 18.0 Å². The van der Waals surface area contributed by atoms with Gasteiger partial charge >= 0.3 is 0 Å². The topological polar surface area (TPSA) is 66.7 Å². The number of benzene rings is 2. The van der Waals surface area contributed by atoms with E-state index in [0.717, 1.165) is 52.1 Å². The molecule has 1 atom stereocenters. The summed E-state index contributed by atoms with van der Waals surface area (Å²) >= 11 is 1.73. The largest absolute Gasteiger partial charge is 0.385 e. The fourth-order valence-corrected chi connectivity index (χ4v) is 4.35. The first-order chi connectivity index (χ1) is 14.7. The number of aryl methyl sites for hydroxylation is 1. The minimum Gasteiger partial charge on any atom is -0.385 e. The smallest absolute Gasteiger partial charge is 0.166 e. The Hall–Kier alpha value is -2.83. The van der Waals surface area contributed by atoms with Gasteiger partial charge in [-0.1, -0.05) is 72.4 Å². The third-order valence-corrected chi connectivity index (χ3v) is 6.02. The predicted octanol–water partition coefficient (Wildman–Crippen LogP) is 5.47. The van der Waals surface area contributed by atoms with E-state index < -0.39 is 6.10 Å². The summed E-state index contributed by atoms with van der Waals surface area (Å²) in [6, 6.07) is 20.6. The zero-order chi connectivity index (χ0) is 20.8. The number of aromatic amines is 1. The Bertz CT molecular complexity index is 1000. The molecule has 1 unspecified atom stereocenters. The lowest BCUT2D eigenvalue weighted by atomic mass is 10.1. The van der Waals surface area contributed by atoms with E-state index in [0.29, 0.717) is 6.42 Å². The molecule has 0 aliphatic heterocycles. The van der Waals surface area contributed by atoms with Gasteiger partial charge < -0.3 is 14.7 Å². The zero-order valence-electron chi connectivity index (χ0n) is 17.0. The number of nitrogens with zero attached hydrogens (tertiary/aromatic N) is 3. The van der Waals surface area contributed by atoms with Crippen molar-refractivity contribution in [3.63, 3.8) is 0 Å². The van der Waals surface area contributed by atoms with Gasteiger partial charge in [0.2, 0.25) is 0 Å². The lowest BCUT2D eigenvalue weighted by Crippen LogP contribution is -2.05. The third-order valence-electron chi connectivity index (χ3n) is 5.06. The monoisotopic (exact) mass is 418 g/mol. The molecule has 4 rings (SSSR count). The Balaban J connectivity index is 1.39. The van der Waals surface area contributed by atoms with Gasteiger partial charge in [-0.25, -0.2) is 9.97 Å². The van der Waals surface area contributed by atoms with Crippen LogP contribution in [-0.4, -0.2) is 30.4 Å². The maximum Gasteiger partial charge on any atom is 0.166 e. The number of aliphatic hydroxyl groups is 1. The number of imidazole rings is 2. The van der Waals surface area contributed by atoms with Crippen molar-refractivity contribution in [2.24, 2.45) is 7.05 Å². The average molecular weight is 419 g/mol. The lowest BCUT2D eigenvalue weighted by molar-refractivity contribution is 0.151. The van der Waals surface area contributed by atoms with E-state index >= 15 is 0 Å². The summed E-state index contributed by atoms with van der Waals surface area (Å²) in [5.74, 6) is 1.68. The molecule has 0 radical (unpaired) electrons. The second-order valence-electron chi connectivity index (χ2n) is 7.25. The van der Waals surface area contributed by atoms with Crippen molar-refractivity contribution in [2.75, 3.05) is 5.75 Å². The predicted molar refractivity (Wildman–Crippen MR) is 122 cm³/mol. The standard InChI is InChI=1S/C24H26N4OS/c1-28-16-15-25-23(28)20(29)14-8-9-17-30-24-26-21(18-10-4-2-5-11-18)22(27-24)19-12-6-3-7-13-19/h2-7,10-13,15-16,20,29H,8-9,14,17H2,1H3,(H,26,27). The third kappa shape index (κ3) is 4.83. The van der Waals surface area contributed by atoms with Crippen molar-refractivity contribution in [3.8, 4) is 22.5 Å². The van der Waals surface area contributed by atoms with Crippen LogP contribution >= 0.6 is 11.8 Å². The molecule has 4 aromatic rings. The van der Waals surface area contributed by atoms with Crippen LogP contribution in [0.2, 0.25) is 0 Å². The molecule has 0 spiro atoms. The van der Waals surface area contributed by atoms with Gasteiger partial charge in [0.25, 0.3) is 0 Å². The molecule has 154 valence electrons. The highest BCUT2D eigenvalue weighted by Gasteiger charge is 2.15. The van der Waals surface area contributed by atoms with E-state index in [1.807, 2.05) is 54.2 Å². The van der Waals surface area contributed by atoms with Crippen LogP contribution in [0.1, 0.15) is 31.2 Å². The van der Waals surface area contributed by atoms with Gasteiger partial charge in [0.1, 0.15) is 11.9 Å². The zero-order valence-corrected chi connectivity index (χ0v) is 17.8. The number of hydrogen-bond donors (Lipinski definition) is 2. The molecule has 0 bridgehead atoms. The molecule has 2 aromatic carbocycles. The SMILES string of the molecule is Cn1ccnc1C(O)CCCCSc1nc(-c2ccccc2)c(-c2ccccc2)[nH]1. The van der Waals surface area contributed by atoms with Crippen molar-refractivity contribution < 1.29 is 5.11 Å². The van der Waals surface area contributed by atoms with Crippen LogP contribution in [0.25, 0.3) is 22.5 Å². The molecule has 0 fully saturated rings. The quantitative estimate of drug-likeness (QED) is 0.279. The Morgan fingerprint density at radius 3 is 2.37 bits per heavy atom. The number of rotatable bonds is 9. The molecule has 0 aliphatic rings. The van der Waals surface area contributed by atoms with Gasteiger partial charge in [-0.05, 0) is 19.3 Å². The summed E-state index contributed by atoms with van der Waals surface area (Å²) in [6.45, 7) is 0. The van der Waals surface area contributed by atoms with Crippen molar-refractivity contribution >= 4 is 11.8 Å². The van der Waals surface area contributed by atoms with Gasteiger partial charge in [0.15, 0.2) is 5.16 Å². The highest BCUT2D eigenvalue weighted by atomic mass is 32.2. The van der Waals surface area contributed by atoms with Crippen LogP contribution in [0.5, 0.6) is 0 Å². The minimum atomic E-state index is -0.507. The number of hydrogen-bond acceptors (Lipinski definition) is 4. The number of unbranched alkanes of at least 4 members (excludes halogenated alkanes) is 1. The first kappa shape index (κ1) is 20.4. The molecule has 2 heterocycles. The molecule has 0 aliphatic carbocycles. The summed E-state index contributed by atoms with van der Waals surface area (Å²) in [5.41, 5.74) is 4.27. The molecule has 5 nitrogen and oxygen atoms in total. The van der Waals surface area contributed by atoms with Gasteiger partial charge in [0.05, 0.1) is 11.4 Å². The van der Waals surface area contributed by atoms with Crippen LogP contribution in [0.15, 0.2) is 78.2 Å². The van der Waals surface area contributed by atoms with E-state index in [9.17, 15) is 5.11 Å². The van der Waals surface area contributed by atoms with Crippen LogP contribution in [0.4, 0.5) is 0 Å². The Morgan fingerprint density at radius 2 is 1.70 bits per heavy atom. The number of aromatic nitrogens is 4. The number of nitrogens with one attached hydrogen (secondary N) is 1. The van der Waals surface area contributed by atoms with Crippen LogP contribution in [0, 0.1) is 0 Å². The maximum atomic E-state index is 10.3. The second-order valence-corrected chi connectivity index (χ2v) is 8.34. The van der Waals surface area contributed by atoms with Crippen molar-refractivity contribution in [1.82, 2.24) is 19.5 Å². The van der Waals surface area contributed by atoms with Crippen LogP contribution in [-0.2, 0) is 7.05 Å². The fourth-order valence-electron chi connectivity index (χ4n) is 3.47. The maximum absolute atomic E-state index is 10.3. The molecule has 0 saturated carbocycles. The number of H-pyrrole nitrogens is 1. The van der Waals surface area contributed by atoms with Crippen molar-refractivity contribution in [3.05, 3.63) is 78.9 Å². The fraction of sp³-hybridized carbons (Fsp3) is 0.250. The van der Waals surface area contributed by atoms with Gasteiger partial charge in [-0.15, -0.1) is 0 Å². The normalized spacial score (nSPS) is 12.2. The van der Waals surface area contributed by atoms with E-state index in [2.05, 4.69) is 34.2 Å². The first-order valence-electron chi connectivity index (χ1n) is 10.2. The summed E-state index contributed by atoms with van der Waals surface area (Å²) in [6.07, 6.45) is 5.74. The van der Waals surface area contributed by atoms with Gasteiger partial charge in [0, 0.05) is 36.3 Å². The first-order valence-corrected chi connectivity index (χ1v) is 11.2. The van der Waals surface area contributed by atoms with Crippen LogP contribution in [0.3, 0.4) is 0 Å². The Kier molecular flexibility index (Phi) is 6.67. The van der Waals surface area contributed by atoms with Crippen LogP contribution < -0.4 is 0 Å².